The van der Waals surface area contributed by atoms with Gasteiger partial charge in [-0.3, -0.25) is 0 Å². The highest BCUT2D eigenvalue weighted by molar-refractivity contribution is 5.98. The molecule has 0 saturated heterocycles. The van der Waals surface area contributed by atoms with Crippen molar-refractivity contribution in [3.8, 4) is 0 Å². The molecule has 3 rings (SSSR count). The van der Waals surface area contributed by atoms with Gasteiger partial charge < -0.3 is 9.64 Å². The molecule has 0 aliphatic carbocycles. The van der Waals surface area contributed by atoms with Crippen LogP contribution in [0.2, 0.25) is 0 Å². The van der Waals surface area contributed by atoms with Crippen LogP contribution in [-0.4, -0.2) is 24.6 Å². The van der Waals surface area contributed by atoms with Crippen LogP contribution in [0.25, 0.3) is 10.9 Å². The predicted molar refractivity (Wildman–Crippen MR) is 103 cm³/mol. The summed E-state index contributed by atoms with van der Waals surface area (Å²) in [6, 6.07) is 14.3. The van der Waals surface area contributed by atoms with E-state index < -0.39 is 0 Å². The Kier molecular flexibility index (Phi) is 5.81. The zero-order valence-electron chi connectivity index (χ0n) is 15.9. The Balaban J connectivity index is 1.94. The molecule has 3 aromatic rings. The summed E-state index contributed by atoms with van der Waals surface area (Å²) in [6.45, 7) is 5.33. The summed E-state index contributed by atoms with van der Waals surface area (Å²) in [6.07, 6.45) is 0. The molecule has 0 radical (unpaired) electrons. The van der Waals surface area contributed by atoms with E-state index in [1.807, 2.05) is 38.2 Å². The maximum atomic E-state index is 13.1. The summed E-state index contributed by atoms with van der Waals surface area (Å²) < 4.78 is 18.4. The van der Waals surface area contributed by atoms with Crippen LogP contribution < -0.4 is 4.90 Å². The average molecular weight is 367 g/mol. The third kappa shape index (κ3) is 4.31. The van der Waals surface area contributed by atoms with Gasteiger partial charge in [-0.15, -0.1) is 0 Å². The summed E-state index contributed by atoms with van der Waals surface area (Å²) >= 11 is 0. The summed E-state index contributed by atoms with van der Waals surface area (Å²) in [5.74, 6) is -0.578. The number of hydrogen-bond donors (Lipinski definition) is 1. The number of aryl methyl sites for hydroxylation is 1. The van der Waals surface area contributed by atoms with Gasteiger partial charge in [0.05, 0.1) is 24.7 Å². The number of carbonyl (C=O) groups is 1. The van der Waals surface area contributed by atoms with Crippen LogP contribution in [0.3, 0.4) is 0 Å². The Morgan fingerprint density at radius 3 is 2.52 bits per heavy atom. The number of nitrogens with one attached hydrogen (secondary N) is 1. The first-order chi connectivity index (χ1) is 13.0. The zero-order chi connectivity index (χ0) is 19.4. The van der Waals surface area contributed by atoms with Gasteiger partial charge in [-0.1, -0.05) is 30.3 Å². The molecule has 0 aliphatic rings. The Morgan fingerprint density at radius 1 is 1.11 bits per heavy atom. The monoisotopic (exact) mass is 367 g/mol. The second-order valence-corrected chi connectivity index (χ2v) is 6.73. The maximum Gasteiger partial charge on any atom is 0.340 e. The fraction of sp³-hybridized carbons (Fsp3) is 0.273. The average Bonchev–Trinajstić information content (AvgIpc) is 2.64. The van der Waals surface area contributed by atoms with E-state index in [-0.39, 0.29) is 11.8 Å². The molecular formula is C22H24FN2O2+. The molecule has 1 atom stereocenters. The number of fused-ring (bicyclic) bond motifs is 1. The van der Waals surface area contributed by atoms with Crippen LogP contribution in [0.1, 0.15) is 34.1 Å². The highest BCUT2D eigenvalue weighted by Gasteiger charge is 2.22. The highest BCUT2D eigenvalue weighted by atomic mass is 19.1. The topological polar surface area (TPSA) is 43.6 Å². The number of pyridine rings is 1. The summed E-state index contributed by atoms with van der Waals surface area (Å²) in [4.78, 5) is 18.5. The van der Waals surface area contributed by atoms with Gasteiger partial charge in [0.1, 0.15) is 24.6 Å². The predicted octanol–water partition coefficient (Wildman–Crippen LogP) is 3.07. The Morgan fingerprint density at radius 2 is 1.81 bits per heavy atom. The molecule has 140 valence electrons. The standard InChI is InChI=1S/C22H23FN2O2/c1-4-27-22(26)21-15(2)18-7-5-6-8-19(18)24-20(21)14-25(3)13-16-9-11-17(23)12-10-16/h5-12H,4,13-14H2,1-3H3/p+1. The normalized spacial score (nSPS) is 12.1. The molecular weight excluding hydrogens is 343 g/mol. The number of nitrogens with zero attached hydrogens (tertiary/aromatic N) is 1. The van der Waals surface area contributed by atoms with Crippen molar-refractivity contribution in [3.63, 3.8) is 0 Å². The Bertz CT molecular complexity index is 954. The van der Waals surface area contributed by atoms with Crippen molar-refractivity contribution in [1.82, 2.24) is 4.98 Å². The molecule has 4 nitrogen and oxygen atoms in total. The van der Waals surface area contributed by atoms with E-state index in [0.717, 1.165) is 32.6 Å². The van der Waals surface area contributed by atoms with E-state index >= 15 is 0 Å². The molecule has 1 heterocycles. The summed E-state index contributed by atoms with van der Waals surface area (Å²) in [5, 5.41) is 0.959. The fourth-order valence-corrected chi connectivity index (χ4v) is 3.34. The number of para-hydroxylation sites is 1. The number of esters is 1. The molecule has 1 unspecified atom stereocenters. The Hall–Kier alpha value is -2.79. The first-order valence-electron chi connectivity index (χ1n) is 9.10. The minimum Gasteiger partial charge on any atom is -0.462 e. The van der Waals surface area contributed by atoms with Crippen molar-refractivity contribution in [2.24, 2.45) is 0 Å². The van der Waals surface area contributed by atoms with Gasteiger partial charge in [0.15, 0.2) is 0 Å². The Labute approximate surface area is 158 Å². The largest absolute Gasteiger partial charge is 0.462 e. The SMILES string of the molecule is CCOC(=O)c1c(C[NH+](C)Cc2ccc(F)cc2)nc2ccccc2c1C. The number of ether oxygens (including phenoxy) is 1. The lowest BCUT2D eigenvalue weighted by Crippen LogP contribution is -3.06. The summed E-state index contributed by atoms with van der Waals surface area (Å²) in [7, 11) is 2.03. The molecule has 0 bridgehead atoms. The van der Waals surface area contributed by atoms with Crippen LogP contribution in [0.5, 0.6) is 0 Å². The van der Waals surface area contributed by atoms with E-state index in [4.69, 9.17) is 9.72 Å². The van der Waals surface area contributed by atoms with Crippen molar-refractivity contribution in [1.29, 1.82) is 0 Å². The van der Waals surface area contributed by atoms with Crippen molar-refractivity contribution in [3.05, 3.63) is 76.7 Å². The van der Waals surface area contributed by atoms with E-state index in [9.17, 15) is 9.18 Å². The summed E-state index contributed by atoms with van der Waals surface area (Å²) in [5.41, 5.74) is 4.07. The lowest BCUT2D eigenvalue weighted by atomic mass is 10.0. The first kappa shape index (κ1) is 19.0. The molecule has 5 heteroatoms. The van der Waals surface area contributed by atoms with Crippen molar-refractivity contribution in [2.45, 2.75) is 26.9 Å². The number of halogens is 1. The minimum absolute atomic E-state index is 0.243. The molecule has 0 spiro atoms. The molecule has 0 amide bonds. The molecule has 0 fully saturated rings. The smallest absolute Gasteiger partial charge is 0.340 e. The quantitative estimate of drug-likeness (QED) is 0.681. The van der Waals surface area contributed by atoms with Crippen molar-refractivity contribution < 1.29 is 18.8 Å². The molecule has 0 aliphatic heterocycles. The van der Waals surface area contributed by atoms with Gasteiger partial charge in [0, 0.05) is 10.9 Å². The second kappa shape index (κ2) is 8.27. The van der Waals surface area contributed by atoms with Gasteiger partial charge in [0.2, 0.25) is 0 Å². The number of hydrogen-bond acceptors (Lipinski definition) is 3. The van der Waals surface area contributed by atoms with Crippen LogP contribution in [0.15, 0.2) is 48.5 Å². The number of carbonyl (C=O) groups excluding carboxylic acids is 1. The van der Waals surface area contributed by atoms with Crippen LogP contribution >= 0.6 is 0 Å². The van der Waals surface area contributed by atoms with Gasteiger partial charge in [-0.2, -0.15) is 0 Å². The molecule has 27 heavy (non-hydrogen) atoms. The highest BCUT2D eigenvalue weighted by Crippen LogP contribution is 2.23. The van der Waals surface area contributed by atoms with Gasteiger partial charge in [-0.05, 0) is 37.6 Å². The maximum absolute atomic E-state index is 13.1. The number of benzene rings is 2. The van der Waals surface area contributed by atoms with Crippen LogP contribution in [0, 0.1) is 12.7 Å². The van der Waals surface area contributed by atoms with E-state index in [1.54, 1.807) is 19.1 Å². The number of quaternary nitrogens is 1. The van der Waals surface area contributed by atoms with E-state index in [0.29, 0.717) is 25.3 Å². The van der Waals surface area contributed by atoms with Gasteiger partial charge in [0.25, 0.3) is 0 Å². The third-order valence-corrected chi connectivity index (χ3v) is 4.59. The molecule has 0 saturated carbocycles. The zero-order valence-corrected chi connectivity index (χ0v) is 15.9. The van der Waals surface area contributed by atoms with Crippen molar-refractivity contribution >= 4 is 16.9 Å². The fourth-order valence-electron chi connectivity index (χ4n) is 3.34. The first-order valence-corrected chi connectivity index (χ1v) is 9.10. The minimum atomic E-state index is -0.335. The van der Waals surface area contributed by atoms with Crippen LogP contribution in [-0.2, 0) is 17.8 Å². The molecule has 1 aromatic heterocycles. The van der Waals surface area contributed by atoms with E-state index in [2.05, 4.69) is 0 Å². The lowest BCUT2D eigenvalue weighted by molar-refractivity contribution is -0.908. The molecule has 2 aromatic carbocycles. The van der Waals surface area contributed by atoms with Crippen molar-refractivity contribution in [2.75, 3.05) is 13.7 Å². The molecule has 1 N–H and O–H groups in total. The van der Waals surface area contributed by atoms with E-state index in [1.165, 1.54) is 12.1 Å². The lowest BCUT2D eigenvalue weighted by Gasteiger charge is -2.18. The van der Waals surface area contributed by atoms with Crippen LogP contribution in [0.4, 0.5) is 4.39 Å². The second-order valence-electron chi connectivity index (χ2n) is 6.73. The third-order valence-electron chi connectivity index (χ3n) is 4.59. The van der Waals surface area contributed by atoms with Gasteiger partial charge >= 0.3 is 5.97 Å². The number of aromatic nitrogens is 1. The number of rotatable bonds is 6. The van der Waals surface area contributed by atoms with Gasteiger partial charge in [-0.25, -0.2) is 14.2 Å².